The fourth-order valence-corrected chi connectivity index (χ4v) is 2.21. The number of allylic oxidation sites excluding steroid dienone is 1. The van der Waals surface area contributed by atoms with Gasteiger partial charge in [-0.05, 0) is 17.2 Å². The Morgan fingerprint density at radius 2 is 1.85 bits per heavy atom. The summed E-state index contributed by atoms with van der Waals surface area (Å²) in [7, 11) is 0. The molecule has 1 aliphatic heterocycles. The average molecular weight is 190 g/mol. The summed E-state index contributed by atoms with van der Waals surface area (Å²) >= 11 is 1.69. The van der Waals surface area contributed by atoms with Crippen LogP contribution < -0.4 is 0 Å². The summed E-state index contributed by atoms with van der Waals surface area (Å²) in [5.74, 6) is 1.82. The zero-order valence-electron chi connectivity index (χ0n) is 7.19. The van der Waals surface area contributed by atoms with E-state index in [1.807, 2.05) is 30.3 Å². The lowest BCUT2D eigenvalue weighted by Gasteiger charge is -2.11. The monoisotopic (exact) mass is 190 g/mol. The zero-order chi connectivity index (χ0) is 9.10. The molecule has 66 valence electrons. The van der Waals surface area contributed by atoms with Crippen LogP contribution in [0.5, 0.6) is 0 Å². The molecular formula is C11H10OS. The Kier molecular flexibility index (Phi) is 2.50. The van der Waals surface area contributed by atoms with Crippen LogP contribution in [0.4, 0.5) is 0 Å². The van der Waals surface area contributed by atoms with Crippen LogP contribution in [0.3, 0.4) is 0 Å². The lowest BCUT2D eigenvalue weighted by atomic mass is 10.1. The number of hydrogen-bond donors (Lipinski definition) is 0. The zero-order valence-corrected chi connectivity index (χ0v) is 8.01. The highest BCUT2D eigenvalue weighted by Crippen LogP contribution is 2.23. The Labute approximate surface area is 81.8 Å². The molecule has 0 unspecified atom stereocenters. The van der Waals surface area contributed by atoms with Gasteiger partial charge in [-0.3, -0.25) is 4.79 Å². The average Bonchev–Trinajstić information content (AvgIpc) is 2.19. The summed E-state index contributed by atoms with van der Waals surface area (Å²) in [6.45, 7) is 0. The molecule has 1 aromatic rings. The summed E-state index contributed by atoms with van der Waals surface area (Å²) in [5.41, 5.74) is 2.32. The van der Waals surface area contributed by atoms with Crippen molar-refractivity contribution >= 4 is 23.1 Å². The van der Waals surface area contributed by atoms with E-state index in [2.05, 4.69) is 0 Å². The largest absolute Gasteiger partial charge is 0.294 e. The van der Waals surface area contributed by atoms with Crippen molar-refractivity contribution in [1.82, 2.24) is 0 Å². The molecule has 0 saturated heterocycles. The van der Waals surface area contributed by atoms with Crippen LogP contribution in [0.1, 0.15) is 5.56 Å². The molecule has 0 radical (unpaired) electrons. The quantitative estimate of drug-likeness (QED) is 0.676. The van der Waals surface area contributed by atoms with Crippen LogP contribution in [0, 0.1) is 0 Å². The third-order valence-electron chi connectivity index (χ3n) is 1.98. The lowest BCUT2D eigenvalue weighted by Crippen LogP contribution is -2.06. The van der Waals surface area contributed by atoms with Gasteiger partial charge in [0, 0.05) is 5.75 Å². The van der Waals surface area contributed by atoms with Crippen LogP contribution in [-0.2, 0) is 4.79 Å². The van der Waals surface area contributed by atoms with Gasteiger partial charge in [-0.15, -0.1) is 11.8 Å². The standard InChI is InChI=1S/C11H10OS/c12-11-6-10(7-13-8-11)9-4-2-1-3-5-9/h1-6H,7-8H2. The van der Waals surface area contributed by atoms with Crippen molar-refractivity contribution in [2.75, 3.05) is 11.5 Å². The minimum absolute atomic E-state index is 0.232. The maximum Gasteiger partial charge on any atom is 0.165 e. The molecule has 0 fully saturated rings. The minimum atomic E-state index is 0.232. The Balaban J connectivity index is 2.31. The van der Waals surface area contributed by atoms with Crippen LogP contribution in [-0.4, -0.2) is 17.3 Å². The highest BCUT2D eigenvalue weighted by atomic mass is 32.2. The topological polar surface area (TPSA) is 17.1 Å². The molecule has 13 heavy (non-hydrogen) atoms. The van der Waals surface area contributed by atoms with E-state index in [4.69, 9.17) is 0 Å². The van der Waals surface area contributed by atoms with Gasteiger partial charge in [-0.2, -0.15) is 0 Å². The van der Waals surface area contributed by atoms with E-state index < -0.39 is 0 Å². The Morgan fingerprint density at radius 3 is 2.54 bits per heavy atom. The minimum Gasteiger partial charge on any atom is -0.294 e. The van der Waals surface area contributed by atoms with Crippen LogP contribution in [0.15, 0.2) is 36.4 Å². The Bertz CT molecular complexity index is 340. The van der Waals surface area contributed by atoms with Crippen LogP contribution >= 0.6 is 11.8 Å². The van der Waals surface area contributed by atoms with Gasteiger partial charge in [0.05, 0.1) is 5.75 Å². The Morgan fingerprint density at radius 1 is 1.08 bits per heavy atom. The molecule has 2 heteroatoms. The molecule has 0 bridgehead atoms. The maximum atomic E-state index is 11.1. The van der Waals surface area contributed by atoms with Gasteiger partial charge in [0.25, 0.3) is 0 Å². The third kappa shape index (κ3) is 2.01. The number of thioether (sulfide) groups is 1. The van der Waals surface area contributed by atoms with Crippen LogP contribution in [0.2, 0.25) is 0 Å². The van der Waals surface area contributed by atoms with E-state index >= 15 is 0 Å². The SMILES string of the molecule is O=C1C=C(c2ccccc2)CSC1. The van der Waals surface area contributed by atoms with E-state index in [-0.39, 0.29) is 5.78 Å². The molecule has 0 aromatic heterocycles. The van der Waals surface area contributed by atoms with Crippen molar-refractivity contribution in [2.24, 2.45) is 0 Å². The lowest BCUT2D eigenvalue weighted by molar-refractivity contribution is -0.112. The predicted octanol–water partition coefficient (Wildman–Crippen LogP) is 2.39. The summed E-state index contributed by atoms with van der Waals surface area (Å²) in [5, 5.41) is 0. The van der Waals surface area contributed by atoms with E-state index in [1.165, 1.54) is 5.56 Å². The van der Waals surface area contributed by atoms with Gasteiger partial charge in [0.1, 0.15) is 0 Å². The molecule has 2 rings (SSSR count). The van der Waals surface area contributed by atoms with Gasteiger partial charge in [0.15, 0.2) is 5.78 Å². The second-order valence-electron chi connectivity index (χ2n) is 2.99. The van der Waals surface area contributed by atoms with E-state index in [0.29, 0.717) is 5.75 Å². The normalized spacial score (nSPS) is 16.9. The van der Waals surface area contributed by atoms with Gasteiger partial charge in [-0.1, -0.05) is 30.3 Å². The fourth-order valence-electron chi connectivity index (χ4n) is 1.36. The highest BCUT2D eigenvalue weighted by molar-refractivity contribution is 8.00. The molecule has 0 amide bonds. The van der Waals surface area contributed by atoms with Crippen molar-refractivity contribution in [3.63, 3.8) is 0 Å². The maximum absolute atomic E-state index is 11.1. The van der Waals surface area contributed by atoms with Gasteiger partial charge < -0.3 is 0 Å². The number of carbonyl (C=O) groups excluding carboxylic acids is 1. The molecule has 0 aliphatic carbocycles. The number of hydrogen-bond acceptors (Lipinski definition) is 2. The number of ketones is 1. The highest BCUT2D eigenvalue weighted by Gasteiger charge is 2.10. The molecule has 1 aliphatic rings. The van der Waals surface area contributed by atoms with E-state index in [9.17, 15) is 4.79 Å². The molecular weight excluding hydrogens is 180 g/mol. The van der Waals surface area contributed by atoms with Crippen molar-refractivity contribution in [3.05, 3.63) is 42.0 Å². The first-order valence-corrected chi connectivity index (χ1v) is 5.38. The third-order valence-corrected chi connectivity index (χ3v) is 2.99. The molecule has 1 heterocycles. The molecule has 1 nitrogen and oxygen atoms in total. The summed E-state index contributed by atoms with van der Waals surface area (Å²) in [4.78, 5) is 11.1. The molecule has 0 atom stereocenters. The summed E-state index contributed by atoms with van der Waals surface area (Å²) in [6.07, 6.45) is 1.77. The smallest absolute Gasteiger partial charge is 0.165 e. The first-order valence-electron chi connectivity index (χ1n) is 4.23. The number of benzene rings is 1. The number of carbonyl (C=O) groups is 1. The van der Waals surface area contributed by atoms with Crippen molar-refractivity contribution in [1.29, 1.82) is 0 Å². The summed E-state index contributed by atoms with van der Waals surface area (Å²) < 4.78 is 0. The Hall–Kier alpha value is -1.02. The fraction of sp³-hybridized carbons (Fsp3) is 0.182. The molecule has 1 aromatic carbocycles. The second-order valence-corrected chi connectivity index (χ2v) is 3.98. The predicted molar refractivity (Wildman–Crippen MR) is 56.8 cm³/mol. The van der Waals surface area contributed by atoms with E-state index in [1.54, 1.807) is 17.8 Å². The molecule has 0 N–H and O–H groups in total. The molecule has 0 saturated carbocycles. The van der Waals surface area contributed by atoms with Crippen molar-refractivity contribution in [2.45, 2.75) is 0 Å². The van der Waals surface area contributed by atoms with Gasteiger partial charge in [0.2, 0.25) is 0 Å². The first kappa shape index (κ1) is 8.57. The summed E-state index contributed by atoms with van der Waals surface area (Å²) in [6, 6.07) is 10.1. The van der Waals surface area contributed by atoms with E-state index in [0.717, 1.165) is 11.3 Å². The van der Waals surface area contributed by atoms with Crippen LogP contribution in [0.25, 0.3) is 5.57 Å². The first-order chi connectivity index (χ1) is 6.36. The molecule has 0 spiro atoms. The second kappa shape index (κ2) is 3.79. The van der Waals surface area contributed by atoms with Crippen molar-refractivity contribution in [3.8, 4) is 0 Å². The number of rotatable bonds is 1. The van der Waals surface area contributed by atoms with Gasteiger partial charge >= 0.3 is 0 Å². The van der Waals surface area contributed by atoms with Gasteiger partial charge in [-0.25, -0.2) is 0 Å². The van der Waals surface area contributed by atoms with Crippen molar-refractivity contribution < 1.29 is 4.79 Å².